The molecule has 1 N–H and O–H groups in total. The Balaban J connectivity index is 1.81. The molecular formula is C22H20N2O3. The van der Waals surface area contributed by atoms with Crippen LogP contribution in [0.25, 0.3) is 0 Å². The van der Waals surface area contributed by atoms with E-state index in [2.05, 4.69) is 5.32 Å². The van der Waals surface area contributed by atoms with Crippen LogP contribution in [-0.4, -0.2) is 10.7 Å². The molecule has 0 fully saturated rings. The van der Waals surface area contributed by atoms with Gasteiger partial charge < -0.3 is 5.32 Å². The van der Waals surface area contributed by atoms with Crippen molar-refractivity contribution in [2.24, 2.45) is 0 Å². The summed E-state index contributed by atoms with van der Waals surface area (Å²) in [6.07, 6.45) is 0.246. The largest absolute Gasteiger partial charge is 0.378 e. The number of nitrogens with zero attached hydrogens (tertiary/aromatic N) is 1. The minimum atomic E-state index is -0.472. The fourth-order valence-electron chi connectivity index (χ4n) is 2.86. The first kappa shape index (κ1) is 18.3. The molecule has 5 nitrogen and oxygen atoms in total. The van der Waals surface area contributed by atoms with Crippen LogP contribution in [0.3, 0.4) is 0 Å². The number of benzene rings is 3. The summed E-state index contributed by atoms with van der Waals surface area (Å²) < 4.78 is 0. The summed E-state index contributed by atoms with van der Waals surface area (Å²) in [5.74, 6) is -0.0710. The topological polar surface area (TPSA) is 72.2 Å². The fourth-order valence-corrected chi connectivity index (χ4v) is 2.86. The lowest BCUT2D eigenvalue weighted by molar-refractivity contribution is -0.384. The van der Waals surface area contributed by atoms with E-state index in [4.69, 9.17) is 0 Å². The Morgan fingerprint density at radius 3 is 2.19 bits per heavy atom. The molecule has 0 aliphatic carbocycles. The summed E-state index contributed by atoms with van der Waals surface area (Å²) in [6.45, 7) is 2.02. The van der Waals surface area contributed by atoms with Crippen molar-refractivity contribution >= 4 is 17.2 Å². The monoisotopic (exact) mass is 360 g/mol. The van der Waals surface area contributed by atoms with Crippen LogP contribution in [0.1, 0.15) is 33.9 Å². The SMILES string of the molecule is Cc1ccc(N[C@H](CC(=O)c2ccc([N+](=O)[O-])cc2)c2ccccc2)cc1. The molecule has 0 unspecified atom stereocenters. The summed E-state index contributed by atoms with van der Waals surface area (Å²) in [7, 11) is 0. The third-order valence-corrected chi connectivity index (χ3v) is 4.38. The van der Waals surface area contributed by atoms with E-state index in [1.54, 1.807) is 0 Å². The van der Waals surface area contributed by atoms with Crippen LogP contribution in [0.5, 0.6) is 0 Å². The Labute approximate surface area is 157 Å². The van der Waals surface area contributed by atoms with Crippen molar-refractivity contribution in [3.05, 3.63) is 106 Å². The molecule has 3 aromatic carbocycles. The lowest BCUT2D eigenvalue weighted by Crippen LogP contribution is -2.15. The van der Waals surface area contributed by atoms with Crippen molar-refractivity contribution in [2.45, 2.75) is 19.4 Å². The van der Waals surface area contributed by atoms with Crippen LogP contribution in [0.15, 0.2) is 78.9 Å². The molecule has 0 saturated carbocycles. The average Bonchev–Trinajstić information content (AvgIpc) is 2.70. The Morgan fingerprint density at radius 1 is 0.963 bits per heavy atom. The minimum Gasteiger partial charge on any atom is -0.378 e. The predicted molar refractivity (Wildman–Crippen MR) is 106 cm³/mol. The quantitative estimate of drug-likeness (QED) is 0.351. The first-order valence-corrected chi connectivity index (χ1v) is 8.69. The molecule has 1 atom stereocenters. The zero-order valence-corrected chi connectivity index (χ0v) is 15.0. The Kier molecular flexibility index (Phi) is 5.61. The van der Waals surface area contributed by atoms with Crippen LogP contribution in [0.2, 0.25) is 0 Å². The molecule has 0 saturated heterocycles. The van der Waals surface area contributed by atoms with Crippen molar-refractivity contribution < 1.29 is 9.72 Å². The van der Waals surface area contributed by atoms with Crippen LogP contribution >= 0.6 is 0 Å². The van der Waals surface area contributed by atoms with Gasteiger partial charge in [0.2, 0.25) is 0 Å². The number of hydrogen-bond donors (Lipinski definition) is 1. The van der Waals surface area contributed by atoms with Crippen LogP contribution in [0, 0.1) is 17.0 Å². The van der Waals surface area contributed by atoms with Gasteiger partial charge in [-0.15, -0.1) is 0 Å². The van der Waals surface area contributed by atoms with E-state index < -0.39 is 4.92 Å². The predicted octanol–water partition coefficient (Wildman–Crippen LogP) is 5.33. The van der Waals surface area contributed by atoms with Gasteiger partial charge in [-0.1, -0.05) is 48.0 Å². The lowest BCUT2D eigenvalue weighted by atomic mass is 9.97. The Morgan fingerprint density at radius 2 is 1.59 bits per heavy atom. The van der Waals surface area contributed by atoms with Gasteiger partial charge in [-0.2, -0.15) is 0 Å². The maximum absolute atomic E-state index is 12.7. The molecule has 27 heavy (non-hydrogen) atoms. The highest BCUT2D eigenvalue weighted by Crippen LogP contribution is 2.25. The molecular weight excluding hydrogens is 340 g/mol. The zero-order chi connectivity index (χ0) is 19.2. The third-order valence-electron chi connectivity index (χ3n) is 4.38. The number of carbonyl (C=O) groups is 1. The first-order chi connectivity index (χ1) is 13.0. The van der Waals surface area contributed by atoms with E-state index in [1.807, 2.05) is 61.5 Å². The lowest BCUT2D eigenvalue weighted by Gasteiger charge is -2.20. The van der Waals surface area contributed by atoms with E-state index in [9.17, 15) is 14.9 Å². The molecule has 0 amide bonds. The molecule has 5 heteroatoms. The summed E-state index contributed by atoms with van der Waals surface area (Å²) in [5.41, 5.74) is 3.55. The molecule has 0 aliphatic rings. The number of Topliss-reactive ketones (excluding diaryl/α,β-unsaturated/α-hetero) is 1. The fraction of sp³-hybridized carbons (Fsp3) is 0.136. The highest BCUT2D eigenvalue weighted by atomic mass is 16.6. The van der Waals surface area contributed by atoms with Crippen molar-refractivity contribution in [1.82, 2.24) is 0 Å². The second-order valence-corrected chi connectivity index (χ2v) is 6.40. The standard InChI is InChI=1S/C22H20N2O3/c1-16-7-11-19(12-8-16)23-21(17-5-3-2-4-6-17)15-22(25)18-9-13-20(14-10-18)24(26)27/h2-14,21,23H,15H2,1H3/t21-/m1/s1. The van der Waals surface area contributed by atoms with E-state index in [0.29, 0.717) is 5.56 Å². The Hall–Kier alpha value is -3.47. The molecule has 0 radical (unpaired) electrons. The van der Waals surface area contributed by atoms with Gasteiger partial charge in [0.05, 0.1) is 11.0 Å². The number of rotatable bonds is 7. The molecule has 0 aromatic heterocycles. The van der Waals surface area contributed by atoms with Crippen molar-refractivity contribution in [2.75, 3.05) is 5.32 Å². The van der Waals surface area contributed by atoms with Crippen LogP contribution in [0.4, 0.5) is 11.4 Å². The second kappa shape index (κ2) is 8.27. The molecule has 0 heterocycles. The van der Waals surface area contributed by atoms with Crippen molar-refractivity contribution in [3.63, 3.8) is 0 Å². The van der Waals surface area contributed by atoms with Crippen LogP contribution in [-0.2, 0) is 0 Å². The van der Waals surface area contributed by atoms with E-state index in [0.717, 1.165) is 11.3 Å². The highest BCUT2D eigenvalue weighted by Gasteiger charge is 2.18. The number of aryl methyl sites for hydroxylation is 1. The maximum atomic E-state index is 12.7. The number of anilines is 1. The minimum absolute atomic E-state index is 0.0241. The van der Waals surface area contributed by atoms with Crippen molar-refractivity contribution in [3.8, 4) is 0 Å². The molecule has 0 spiro atoms. The number of nitrogens with one attached hydrogen (secondary N) is 1. The third kappa shape index (κ3) is 4.79. The highest BCUT2D eigenvalue weighted by molar-refractivity contribution is 5.96. The number of hydrogen-bond acceptors (Lipinski definition) is 4. The van der Waals surface area contributed by atoms with Gasteiger partial charge in [0, 0.05) is 29.8 Å². The van der Waals surface area contributed by atoms with Gasteiger partial charge >= 0.3 is 0 Å². The van der Waals surface area contributed by atoms with Gasteiger partial charge in [-0.25, -0.2) is 0 Å². The van der Waals surface area contributed by atoms with E-state index in [-0.39, 0.29) is 23.9 Å². The van der Waals surface area contributed by atoms with Crippen LogP contribution < -0.4 is 5.32 Å². The van der Waals surface area contributed by atoms with Gasteiger partial charge in [0.1, 0.15) is 0 Å². The second-order valence-electron chi connectivity index (χ2n) is 6.40. The normalized spacial score (nSPS) is 11.6. The first-order valence-electron chi connectivity index (χ1n) is 8.69. The zero-order valence-electron chi connectivity index (χ0n) is 15.0. The number of nitro benzene ring substituents is 1. The van der Waals surface area contributed by atoms with Gasteiger partial charge in [-0.3, -0.25) is 14.9 Å². The molecule has 136 valence electrons. The number of non-ortho nitro benzene ring substituents is 1. The number of nitro groups is 1. The maximum Gasteiger partial charge on any atom is 0.269 e. The van der Waals surface area contributed by atoms with Gasteiger partial charge in [0.15, 0.2) is 5.78 Å². The summed E-state index contributed by atoms with van der Waals surface area (Å²) in [6, 6.07) is 23.3. The number of ketones is 1. The summed E-state index contributed by atoms with van der Waals surface area (Å²) in [4.78, 5) is 23.1. The molecule has 0 aliphatic heterocycles. The van der Waals surface area contributed by atoms with E-state index in [1.165, 1.54) is 29.8 Å². The number of carbonyl (C=O) groups excluding carboxylic acids is 1. The molecule has 0 bridgehead atoms. The van der Waals surface area contributed by atoms with Gasteiger partial charge in [-0.05, 0) is 36.8 Å². The average molecular weight is 360 g/mol. The molecule has 3 aromatic rings. The summed E-state index contributed by atoms with van der Waals surface area (Å²) in [5, 5.41) is 14.2. The smallest absolute Gasteiger partial charge is 0.269 e. The van der Waals surface area contributed by atoms with Gasteiger partial charge in [0.25, 0.3) is 5.69 Å². The Bertz CT molecular complexity index is 920. The van der Waals surface area contributed by atoms with E-state index >= 15 is 0 Å². The molecule has 3 rings (SSSR count). The van der Waals surface area contributed by atoms with Crippen molar-refractivity contribution in [1.29, 1.82) is 0 Å². The summed E-state index contributed by atoms with van der Waals surface area (Å²) >= 11 is 0.